The first-order chi connectivity index (χ1) is 15.2. The Kier molecular flexibility index (Phi) is 5.05. The number of nitrogens with zero attached hydrogens (tertiary/aromatic N) is 2. The van der Waals surface area contributed by atoms with Crippen LogP contribution in [0.15, 0.2) is 75.7 Å². The molecule has 0 saturated carbocycles. The van der Waals surface area contributed by atoms with E-state index in [1.807, 2.05) is 54.6 Å². The Balaban J connectivity index is 1.60. The van der Waals surface area contributed by atoms with Gasteiger partial charge >= 0.3 is 0 Å². The summed E-state index contributed by atoms with van der Waals surface area (Å²) in [7, 11) is 1.64. The van der Waals surface area contributed by atoms with E-state index in [4.69, 9.17) is 18.9 Å². The molecule has 7 nitrogen and oxygen atoms in total. The molecule has 1 aliphatic heterocycles. The van der Waals surface area contributed by atoms with Gasteiger partial charge in [-0.2, -0.15) is 0 Å². The summed E-state index contributed by atoms with van der Waals surface area (Å²) in [6, 6.07) is 17.2. The lowest BCUT2D eigenvalue weighted by Crippen LogP contribution is -2.25. The average molecular weight is 433 g/mol. The first kappa shape index (κ1) is 19.2. The van der Waals surface area contributed by atoms with Gasteiger partial charge in [-0.25, -0.2) is 4.99 Å². The molecule has 0 bridgehead atoms. The molecule has 2 aromatic heterocycles. The number of fused-ring (bicyclic) bond motifs is 1. The van der Waals surface area contributed by atoms with Crippen LogP contribution in [0.1, 0.15) is 5.76 Å². The van der Waals surface area contributed by atoms with E-state index >= 15 is 0 Å². The number of nitrogens with one attached hydrogen (secondary N) is 1. The van der Waals surface area contributed by atoms with Crippen LogP contribution in [0.3, 0.4) is 0 Å². The highest BCUT2D eigenvalue weighted by Crippen LogP contribution is 2.33. The Morgan fingerprint density at radius 1 is 1.19 bits per heavy atom. The largest absolute Gasteiger partial charge is 0.497 e. The smallest absolute Gasteiger partial charge is 0.262 e. The van der Waals surface area contributed by atoms with Crippen molar-refractivity contribution in [2.24, 2.45) is 4.99 Å². The third-order valence-corrected chi connectivity index (χ3v) is 5.76. The molecular weight excluding hydrogens is 414 g/mol. The van der Waals surface area contributed by atoms with E-state index in [0.717, 1.165) is 33.3 Å². The molecule has 0 fully saturated rings. The third kappa shape index (κ3) is 3.97. The minimum Gasteiger partial charge on any atom is -0.497 e. The summed E-state index contributed by atoms with van der Waals surface area (Å²) >= 11 is 1.54. The van der Waals surface area contributed by atoms with E-state index in [9.17, 15) is 4.79 Å². The number of hydrogen-bond acceptors (Lipinski definition) is 6. The van der Waals surface area contributed by atoms with Crippen molar-refractivity contribution < 1.29 is 18.7 Å². The summed E-state index contributed by atoms with van der Waals surface area (Å²) in [5.41, 5.74) is 3.41. The molecular formula is C23H19N3O4S. The number of carbonyl (C=O) groups is 1. The van der Waals surface area contributed by atoms with Gasteiger partial charge < -0.3 is 23.8 Å². The number of furan rings is 1. The summed E-state index contributed by atoms with van der Waals surface area (Å²) in [5, 5.41) is 4.92. The Bertz CT molecular complexity index is 1290. The van der Waals surface area contributed by atoms with E-state index in [1.165, 1.54) is 0 Å². The second kappa shape index (κ2) is 8.16. The maximum atomic E-state index is 11.7. The number of benzene rings is 2. The van der Waals surface area contributed by atoms with E-state index in [0.29, 0.717) is 18.0 Å². The maximum absolute atomic E-state index is 11.7. The van der Waals surface area contributed by atoms with Crippen molar-refractivity contribution in [3.8, 4) is 22.8 Å². The number of rotatable bonds is 5. The zero-order valence-electron chi connectivity index (χ0n) is 16.7. The van der Waals surface area contributed by atoms with Gasteiger partial charge in [-0.05, 0) is 54.6 Å². The summed E-state index contributed by atoms with van der Waals surface area (Å²) in [4.78, 5) is 17.4. The summed E-state index contributed by atoms with van der Waals surface area (Å²) in [6.45, 7) is 0.564. The van der Waals surface area contributed by atoms with Crippen molar-refractivity contribution in [1.29, 1.82) is 0 Å². The number of aromatic nitrogens is 1. The van der Waals surface area contributed by atoms with Gasteiger partial charge in [-0.3, -0.25) is 4.79 Å². The number of anilines is 1. The fraction of sp³-hybridized carbons (Fsp3) is 0.130. The molecule has 31 heavy (non-hydrogen) atoms. The van der Waals surface area contributed by atoms with Crippen LogP contribution in [0.5, 0.6) is 11.5 Å². The van der Waals surface area contributed by atoms with Crippen molar-refractivity contribution in [3.63, 3.8) is 0 Å². The van der Waals surface area contributed by atoms with Crippen molar-refractivity contribution in [2.75, 3.05) is 19.0 Å². The van der Waals surface area contributed by atoms with Gasteiger partial charge in [0.05, 0.1) is 37.0 Å². The molecule has 1 N–H and O–H groups in total. The first-order valence-corrected chi connectivity index (χ1v) is 10.5. The van der Waals surface area contributed by atoms with Crippen LogP contribution in [0, 0.1) is 0 Å². The molecule has 5 rings (SSSR count). The summed E-state index contributed by atoms with van der Waals surface area (Å²) in [5.74, 6) is 2.12. The molecule has 2 aromatic carbocycles. The van der Waals surface area contributed by atoms with Crippen molar-refractivity contribution >= 4 is 28.6 Å². The molecule has 1 aliphatic rings. The predicted molar refractivity (Wildman–Crippen MR) is 118 cm³/mol. The minimum absolute atomic E-state index is 0.0359. The van der Waals surface area contributed by atoms with Gasteiger partial charge in [0.2, 0.25) is 0 Å². The number of ether oxygens (including phenoxy) is 2. The third-order valence-electron chi connectivity index (χ3n) is 4.90. The number of amides is 1. The maximum Gasteiger partial charge on any atom is 0.262 e. The van der Waals surface area contributed by atoms with E-state index in [-0.39, 0.29) is 12.5 Å². The van der Waals surface area contributed by atoms with Crippen LogP contribution in [-0.4, -0.2) is 24.2 Å². The molecule has 0 unspecified atom stereocenters. The van der Waals surface area contributed by atoms with Crippen LogP contribution in [0.4, 0.5) is 11.4 Å². The molecule has 0 radical (unpaired) electrons. The van der Waals surface area contributed by atoms with Gasteiger partial charge in [0, 0.05) is 10.9 Å². The minimum atomic E-state index is -0.159. The number of carbonyl (C=O) groups excluding carboxylic acids is 1. The Morgan fingerprint density at radius 3 is 2.84 bits per heavy atom. The Morgan fingerprint density at radius 2 is 2.06 bits per heavy atom. The molecule has 156 valence electrons. The molecule has 4 aromatic rings. The van der Waals surface area contributed by atoms with Crippen molar-refractivity contribution in [1.82, 2.24) is 4.57 Å². The van der Waals surface area contributed by atoms with E-state index in [2.05, 4.69) is 15.3 Å². The molecule has 0 spiro atoms. The van der Waals surface area contributed by atoms with Crippen LogP contribution >= 0.6 is 11.3 Å². The summed E-state index contributed by atoms with van der Waals surface area (Å²) in [6.07, 6.45) is 1.66. The Labute approximate surface area is 182 Å². The number of thiazole rings is 1. The normalized spacial score (nSPS) is 13.5. The molecule has 3 heterocycles. The van der Waals surface area contributed by atoms with Crippen LogP contribution in [0.2, 0.25) is 0 Å². The van der Waals surface area contributed by atoms with Crippen molar-refractivity contribution in [2.45, 2.75) is 6.54 Å². The lowest BCUT2D eigenvalue weighted by atomic mass is 10.1. The highest BCUT2D eigenvalue weighted by Gasteiger charge is 2.18. The van der Waals surface area contributed by atoms with Crippen molar-refractivity contribution in [3.05, 3.63) is 76.8 Å². The lowest BCUT2D eigenvalue weighted by molar-refractivity contribution is -0.118. The van der Waals surface area contributed by atoms with Crippen LogP contribution in [-0.2, 0) is 11.3 Å². The number of methoxy groups -OCH3 is 1. The quantitative estimate of drug-likeness (QED) is 0.505. The summed E-state index contributed by atoms with van der Waals surface area (Å²) < 4.78 is 18.4. The zero-order chi connectivity index (χ0) is 21.2. The predicted octanol–water partition coefficient (Wildman–Crippen LogP) is 4.43. The average Bonchev–Trinajstić information content (AvgIpc) is 3.44. The van der Waals surface area contributed by atoms with Gasteiger partial charge in [0.15, 0.2) is 11.4 Å². The lowest BCUT2D eigenvalue weighted by Gasteiger charge is -2.18. The topological polar surface area (TPSA) is 78.0 Å². The second-order valence-corrected chi connectivity index (χ2v) is 7.76. The first-order valence-electron chi connectivity index (χ1n) is 9.66. The fourth-order valence-corrected chi connectivity index (χ4v) is 4.30. The highest BCUT2D eigenvalue weighted by atomic mass is 32.1. The van der Waals surface area contributed by atoms with Gasteiger partial charge in [-0.1, -0.05) is 0 Å². The standard InChI is InChI=1S/C23H19N3O4S/c1-28-17-7-5-16(6-8-17)24-23-26(12-18-3-2-10-29-18)20(14-31-23)15-4-9-21-19(11-15)25-22(27)13-30-21/h2-11,14H,12-13H2,1H3,(H,25,27). The van der Waals surface area contributed by atoms with Gasteiger partial charge in [0.1, 0.15) is 17.3 Å². The molecule has 8 heteroatoms. The molecule has 0 saturated heterocycles. The molecule has 0 aliphatic carbocycles. The zero-order valence-corrected chi connectivity index (χ0v) is 17.5. The van der Waals surface area contributed by atoms with E-state index < -0.39 is 0 Å². The van der Waals surface area contributed by atoms with Gasteiger partial charge in [-0.15, -0.1) is 11.3 Å². The number of hydrogen-bond donors (Lipinski definition) is 1. The fourth-order valence-electron chi connectivity index (χ4n) is 3.37. The molecule has 1 amide bonds. The van der Waals surface area contributed by atoms with Crippen LogP contribution < -0.4 is 19.6 Å². The highest BCUT2D eigenvalue weighted by molar-refractivity contribution is 7.07. The van der Waals surface area contributed by atoms with E-state index in [1.54, 1.807) is 24.7 Å². The monoisotopic (exact) mass is 433 g/mol. The second-order valence-electron chi connectivity index (χ2n) is 6.93. The SMILES string of the molecule is COc1ccc(N=c2scc(-c3ccc4c(c3)NC(=O)CO4)n2Cc2ccco2)cc1. The van der Waals surface area contributed by atoms with Gasteiger partial charge in [0.25, 0.3) is 5.91 Å². The Hall–Kier alpha value is -3.78. The van der Waals surface area contributed by atoms with Crippen LogP contribution in [0.25, 0.3) is 11.3 Å². The molecule has 0 atom stereocenters.